The van der Waals surface area contributed by atoms with Crippen molar-refractivity contribution in [3.05, 3.63) is 70.2 Å². The van der Waals surface area contributed by atoms with Gasteiger partial charge in [-0.05, 0) is 61.4 Å². The molecule has 6 heteroatoms. The van der Waals surface area contributed by atoms with Crippen molar-refractivity contribution in [2.45, 2.75) is 44.6 Å². The quantitative estimate of drug-likeness (QED) is 0.524. The molecule has 3 aromatic rings. The Balaban J connectivity index is 1.28. The molecule has 2 N–H and O–H groups in total. The van der Waals surface area contributed by atoms with Crippen LogP contribution in [-0.2, 0) is 16.6 Å². The van der Waals surface area contributed by atoms with Crippen molar-refractivity contribution in [3.63, 3.8) is 0 Å². The molecule has 2 aromatic carbocycles. The van der Waals surface area contributed by atoms with Gasteiger partial charge < -0.3 is 14.6 Å². The van der Waals surface area contributed by atoms with Crippen molar-refractivity contribution in [2.24, 2.45) is 17.8 Å². The normalized spacial score (nSPS) is 25.3. The van der Waals surface area contributed by atoms with Gasteiger partial charge in [0, 0.05) is 24.5 Å². The summed E-state index contributed by atoms with van der Waals surface area (Å²) in [7, 11) is 2.15. The van der Waals surface area contributed by atoms with Gasteiger partial charge in [-0.1, -0.05) is 50.2 Å². The minimum Gasteiger partial charge on any atom is -0.408 e. The Morgan fingerprint density at radius 1 is 1.24 bits per heavy atom. The Morgan fingerprint density at radius 3 is 2.73 bits per heavy atom. The fraction of sp³-hybridized carbons (Fsp3) is 0.481. The zero-order chi connectivity index (χ0) is 23.2. The maximum Gasteiger partial charge on any atom is 0.417 e. The fourth-order valence-electron chi connectivity index (χ4n) is 5.42. The Bertz CT molecular complexity index is 1200. The molecule has 1 heterocycles. The van der Waals surface area contributed by atoms with Gasteiger partial charge in [-0.2, -0.15) is 0 Å². The van der Waals surface area contributed by atoms with E-state index < -0.39 is 5.76 Å². The number of oxazole rings is 1. The Kier molecular flexibility index (Phi) is 5.65. The smallest absolute Gasteiger partial charge is 0.408 e. The number of amides is 1. The number of likely N-dealkylation sites (N-methyl/N-ethyl adjacent to an activating group) is 1. The molecule has 0 aliphatic heterocycles. The van der Waals surface area contributed by atoms with Crippen molar-refractivity contribution in [1.29, 1.82) is 0 Å². The van der Waals surface area contributed by atoms with E-state index in [-0.39, 0.29) is 23.3 Å². The third-order valence-corrected chi connectivity index (χ3v) is 8.00. The molecule has 174 valence electrons. The molecule has 33 heavy (non-hydrogen) atoms. The number of hydrogen-bond donors (Lipinski definition) is 2. The van der Waals surface area contributed by atoms with Gasteiger partial charge in [0.25, 0.3) is 0 Å². The average Bonchev–Trinajstić information content (AvgIpc) is 3.67. The number of H-pyrrole nitrogens is 1. The van der Waals surface area contributed by atoms with Gasteiger partial charge in [0.1, 0.15) is 0 Å². The van der Waals surface area contributed by atoms with Gasteiger partial charge in [-0.3, -0.25) is 9.78 Å². The van der Waals surface area contributed by atoms with E-state index in [4.69, 9.17) is 4.42 Å². The first-order chi connectivity index (χ1) is 15.9. The highest BCUT2D eigenvalue weighted by atomic mass is 16.4. The molecule has 0 spiro atoms. The molecule has 1 aromatic heterocycles. The van der Waals surface area contributed by atoms with Crippen LogP contribution in [0, 0.1) is 17.8 Å². The minimum absolute atomic E-state index is 0.000213. The van der Waals surface area contributed by atoms with Gasteiger partial charge in [0.05, 0.1) is 11.4 Å². The predicted molar refractivity (Wildman–Crippen MR) is 129 cm³/mol. The van der Waals surface area contributed by atoms with Crippen LogP contribution in [0.3, 0.4) is 0 Å². The van der Waals surface area contributed by atoms with E-state index in [9.17, 15) is 9.59 Å². The van der Waals surface area contributed by atoms with E-state index in [2.05, 4.69) is 48.2 Å². The highest BCUT2D eigenvalue weighted by Gasteiger charge is 2.62. The lowest BCUT2D eigenvalue weighted by Gasteiger charge is -2.29. The fourth-order valence-corrected chi connectivity index (χ4v) is 5.42. The molecule has 2 aliphatic rings. The summed E-state index contributed by atoms with van der Waals surface area (Å²) in [4.78, 5) is 29.8. The molecule has 5 rings (SSSR count). The van der Waals surface area contributed by atoms with E-state index in [1.54, 1.807) is 0 Å². The first-order valence-electron chi connectivity index (χ1n) is 12.0. The van der Waals surface area contributed by atoms with Crippen LogP contribution in [0.4, 0.5) is 0 Å². The number of nitrogens with zero attached hydrogens (tertiary/aromatic N) is 1. The number of benzene rings is 2. The van der Waals surface area contributed by atoms with E-state index in [1.165, 1.54) is 18.4 Å². The summed E-state index contributed by atoms with van der Waals surface area (Å²) in [6.07, 6.45) is 3.36. The highest BCUT2D eigenvalue weighted by molar-refractivity contribution is 5.85. The zero-order valence-electron chi connectivity index (χ0n) is 19.6. The molecular weight excluding hydrogens is 414 g/mol. The van der Waals surface area contributed by atoms with Crippen LogP contribution in [0.1, 0.15) is 37.8 Å². The van der Waals surface area contributed by atoms with Crippen LogP contribution in [0.25, 0.3) is 11.1 Å². The summed E-state index contributed by atoms with van der Waals surface area (Å²) in [6, 6.07) is 16.4. The summed E-state index contributed by atoms with van der Waals surface area (Å²) in [5.41, 5.74) is 3.53. The lowest BCUT2D eigenvalue weighted by atomic mass is 9.94. The van der Waals surface area contributed by atoms with Gasteiger partial charge in [-0.25, -0.2) is 4.79 Å². The molecule has 1 unspecified atom stereocenters. The first kappa shape index (κ1) is 22.0. The summed E-state index contributed by atoms with van der Waals surface area (Å²) in [5.74, 6) is 0.798. The Hall–Kier alpha value is -2.86. The number of nitrogens with one attached hydrogen (secondary N) is 2. The predicted octanol–water partition coefficient (Wildman–Crippen LogP) is 3.71. The molecule has 4 atom stereocenters. The lowest BCUT2D eigenvalue weighted by molar-refractivity contribution is -0.123. The van der Waals surface area contributed by atoms with Crippen LogP contribution in [-0.4, -0.2) is 42.0 Å². The molecule has 0 saturated heterocycles. The van der Waals surface area contributed by atoms with Crippen molar-refractivity contribution >= 4 is 17.0 Å². The van der Waals surface area contributed by atoms with Crippen LogP contribution >= 0.6 is 0 Å². The molecule has 0 bridgehead atoms. The largest absolute Gasteiger partial charge is 0.417 e. The maximum atomic E-state index is 13.2. The molecule has 0 radical (unpaired) electrons. The number of rotatable bonds is 9. The maximum absolute atomic E-state index is 13.2. The van der Waals surface area contributed by atoms with E-state index in [1.807, 2.05) is 36.4 Å². The van der Waals surface area contributed by atoms with Gasteiger partial charge >= 0.3 is 5.76 Å². The highest BCUT2D eigenvalue weighted by Crippen LogP contribution is 2.59. The molecule has 6 nitrogen and oxygen atoms in total. The number of aromatic nitrogens is 1. The summed E-state index contributed by atoms with van der Waals surface area (Å²) in [6.45, 7) is 6.02. The van der Waals surface area contributed by atoms with Crippen LogP contribution < -0.4 is 11.1 Å². The zero-order valence-corrected chi connectivity index (χ0v) is 19.6. The van der Waals surface area contributed by atoms with Crippen molar-refractivity contribution in [3.8, 4) is 0 Å². The van der Waals surface area contributed by atoms with E-state index in [0.29, 0.717) is 23.6 Å². The summed E-state index contributed by atoms with van der Waals surface area (Å²) in [5, 5.41) is 3.28. The Labute approximate surface area is 194 Å². The monoisotopic (exact) mass is 447 g/mol. The standard InChI is InChI=1S/C27H33N3O3/c1-17-24(27(17,2)20-7-5-4-6-8-20)25(31)28-15-21(30(3)16-18-9-10-18)13-19-11-12-22-23(14-19)33-26(32)29-22/h4-8,11-12,14,17-18,21,24H,9-10,13,15-16H2,1-3H3,(H,28,31)(H,29,32)/t17-,21-,24-,27?/m0/s1. The Morgan fingerprint density at radius 2 is 2.00 bits per heavy atom. The topological polar surface area (TPSA) is 78.3 Å². The number of aromatic amines is 1. The molecule has 1 amide bonds. The van der Waals surface area contributed by atoms with Crippen molar-refractivity contribution < 1.29 is 9.21 Å². The molecule has 2 aliphatic carbocycles. The van der Waals surface area contributed by atoms with Gasteiger partial charge in [0.15, 0.2) is 5.58 Å². The molecule has 2 fully saturated rings. The summed E-state index contributed by atoms with van der Waals surface area (Å²) >= 11 is 0. The third kappa shape index (κ3) is 4.36. The van der Waals surface area contributed by atoms with Crippen LogP contribution in [0.15, 0.2) is 57.7 Å². The average molecular weight is 448 g/mol. The third-order valence-electron chi connectivity index (χ3n) is 8.00. The SMILES string of the molecule is C[C@H]1[C@@H](C(=O)NC[C@H](Cc2ccc3[nH]c(=O)oc3c2)N(C)CC2CC2)C1(C)c1ccccc1. The van der Waals surface area contributed by atoms with Crippen molar-refractivity contribution in [1.82, 2.24) is 15.2 Å². The lowest BCUT2D eigenvalue weighted by Crippen LogP contribution is -2.45. The number of fused-ring (bicyclic) bond motifs is 1. The number of carbonyl (C=O) groups is 1. The van der Waals surface area contributed by atoms with E-state index in [0.717, 1.165) is 24.4 Å². The molecule has 2 saturated carbocycles. The number of carbonyl (C=O) groups excluding carboxylic acids is 1. The van der Waals surface area contributed by atoms with Crippen LogP contribution in [0.2, 0.25) is 0 Å². The minimum atomic E-state index is -0.433. The second-order valence-corrected chi connectivity index (χ2v) is 10.2. The first-order valence-corrected chi connectivity index (χ1v) is 12.0. The second kappa shape index (κ2) is 8.49. The van der Waals surface area contributed by atoms with E-state index >= 15 is 0 Å². The molecular formula is C27H33N3O3. The second-order valence-electron chi connectivity index (χ2n) is 10.2. The van der Waals surface area contributed by atoms with Crippen LogP contribution in [0.5, 0.6) is 0 Å². The van der Waals surface area contributed by atoms with Crippen molar-refractivity contribution in [2.75, 3.05) is 20.1 Å². The van der Waals surface area contributed by atoms with Gasteiger partial charge in [-0.15, -0.1) is 0 Å². The number of hydrogen-bond acceptors (Lipinski definition) is 4. The summed E-state index contributed by atoms with van der Waals surface area (Å²) < 4.78 is 5.25. The van der Waals surface area contributed by atoms with Gasteiger partial charge in [0.2, 0.25) is 5.91 Å².